The largest absolute Gasteiger partial charge is 0.357 e. The highest BCUT2D eigenvalue weighted by Crippen LogP contribution is 2.23. The van der Waals surface area contributed by atoms with E-state index in [0.29, 0.717) is 11.6 Å². The van der Waals surface area contributed by atoms with Gasteiger partial charge in [-0.25, -0.2) is 8.42 Å². The van der Waals surface area contributed by atoms with Gasteiger partial charge in [-0.3, -0.25) is 0 Å². The molecule has 0 atom stereocenters. The van der Waals surface area contributed by atoms with Gasteiger partial charge >= 0.3 is 0 Å². The first-order valence-corrected chi connectivity index (χ1v) is 9.84. The normalized spacial score (nSPS) is 11.6. The molecule has 0 amide bonds. The van der Waals surface area contributed by atoms with Gasteiger partial charge in [-0.1, -0.05) is 0 Å². The van der Waals surface area contributed by atoms with Crippen molar-refractivity contribution in [1.29, 1.82) is 0 Å². The van der Waals surface area contributed by atoms with E-state index in [4.69, 9.17) is 0 Å². The molecule has 0 fully saturated rings. The second-order valence-corrected chi connectivity index (χ2v) is 7.58. The molecule has 2 heterocycles. The van der Waals surface area contributed by atoms with E-state index in [2.05, 4.69) is 39.1 Å². The van der Waals surface area contributed by atoms with Gasteiger partial charge in [0.25, 0.3) is 5.78 Å². The minimum absolute atomic E-state index is 0.280. The van der Waals surface area contributed by atoms with Crippen LogP contribution in [0.15, 0.2) is 41.6 Å². The molecule has 0 spiro atoms. The smallest absolute Gasteiger partial charge is 0.256 e. The Morgan fingerprint density at radius 1 is 1.16 bits per heavy atom. The van der Waals surface area contributed by atoms with E-state index in [9.17, 15) is 8.42 Å². The number of anilines is 3. The fraction of sp³-hybridized carbons (Fsp3) is 0.312. The Morgan fingerprint density at radius 3 is 2.44 bits per heavy atom. The number of hydrogen-bond acceptors (Lipinski definition) is 7. The Morgan fingerprint density at radius 2 is 1.84 bits per heavy atom. The maximum atomic E-state index is 11.6. The van der Waals surface area contributed by atoms with Crippen LogP contribution in [0.4, 0.5) is 17.3 Å². The van der Waals surface area contributed by atoms with Crippen molar-refractivity contribution in [1.82, 2.24) is 19.6 Å². The van der Waals surface area contributed by atoms with Crippen molar-refractivity contribution < 1.29 is 8.42 Å². The molecular weight excluding hydrogens is 340 g/mol. The van der Waals surface area contributed by atoms with Gasteiger partial charge in [0.2, 0.25) is 0 Å². The lowest BCUT2D eigenvalue weighted by atomic mass is 10.3. The summed E-state index contributed by atoms with van der Waals surface area (Å²) >= 11 is 0. The van der Waals surface area contributed by atoms with Crippen LogP contribution < -0.4 is 10.2 Å². The van der Waals surface area contributed by atoms with Gasteiger partial charge in [0.15, 0.2) is 9.84 Å². The van der Waals surface area contributed by atoms with Gasteiger partial charge < -0.3 is 10.2 Å². The Labute approximate surface area is 146 Å². The van der Waals surface area contributed by atoms with Gasteiger partial charge in [-0.15, -0.1) is 0 Å². The van der Waals surface area contributed by atoms with Crippen molar-refractivity contribution in [3.8, 4) is 0 Å². The molecule has 0 saturated carbocycles. The number of benzene rings is 1. The van der Waals surface area contributed by atoms with Crippen molar-refractivity contribution in [3.05, 3.63) is 36.7 Å². The van der Waals surface area contributed by atoms with Crippen LogP contribution in [0.2, 0.25) is 0 Å². The molecule has 3 rings (SSSR count). The second-order valence-electron chi connectivity index (χ2n) is 5.57. The van der Waals surface area contributed by atoms with Crippen LogP contribution in [0.25, 0.3) is 5.78 Å². The zero-order chi connectivity index (χ0) is 18.0. The molecule has 2 aromatic heterocycles. The maximum absolute atomic E-state index is 11.6. The van der Waals surface area contributed by atoms with Crippen LogP contribution in [0, 0.1) is 0 Å². The predicted octanol–water partition coefficient (Wildman–Crippen LogP) is 2.12. The average molecular weight is 360 g/mol. The number of nitrogens with zero attached hydrogens (tertiary/aromatic N) is 5. The third-order valence-electron chi connectivity index (χ3n) is 3.88. The summed E-state index contributed by atoms with van der Waals surface area (Å²) in [6.45, 7) is 5.79. The fourth-order valence-electron chi connectivity index (χ4n) is 2.53. The van der Waals surface area contributed by atoms with Crippen molar-refractivity contribution in [2.75, 3.05) is 29.6 Å². The van der Waals surface area contributed by atoms with Crippen LogP contribution in [0.1, 0.15) is 13.8 Å². The summed E-state index contributed by atoms with van der Waals surface area (Å²) in [4.78, 5) is 11.1. The summed E-state index contributed by atoms with van der Waals surface area (Å²) in [6.07, 6.45) is 2.64. The van der Waals surface area contributed by atoms with Gasteiger partial charge in [0.1, 0.15) is 18.0 Å². The topological polar surface area (TPSA) is 92.5 Å². The van der Waals surface area contributed by atoms with E-state index >= 15 is 0 Å². The lowest BCUT2D eigenvalue weighted by molar-refractivity contribution is 0.602. The average Bonchev–Trinajstić information content (AvgIpc) is 3.04. The minimum Gasteiger partial charge on any atom is -0.357 e. The summed E-state index contributed by atoms with van der Waals surface area (Å²) in [7, 11) is -3.21. The Hall–Kier alpha value is -2.68. The van der Waals surface area contributed by atoms with E-state index < -0.39 is 9.84 Å². The first-order chi connectivity index (χ1) is 11.9. The molecular formula is C16H20N6O2S. The highest BCUT2D eigenvalue weighted by atomic mass is 32.2. The van der Waals surface area contributed by atoms with Crippen molar-refractivity contribution in [2.45, 2.75) is 18.7 Å². The van der Waals surface area contributed by atoms with Crippen LogP contribution in [0.3, 0.4) is 0 Å². The summed E-state index contributed by atoms with van der Waals surface area (Å²) < 4.78 is 24.8. The highest BCUT2D eigenvalue weighted by molar-refractivity contribution is 7.90. The molecule has 1 aromatic carbocycles. The number of nitrogens with one attached hydrogen (secondary N) is 1. The second kappa shape index (κ2) is 6.67. The van der Waals surface area contributed by atoms with E-state index in [0.717, 1.165) is 24.6 Å². The molecule has 25 heavy (non-hydrogen) atoms. The third-order valence-corrected chi connectivity index (χ3v) is 5.01. The monoisotopic (exact) mass is 360 g/mol. The lowest BCUT2D eigenvalue weighted by Gasteiger charge is -2.20. The quantitative estimate of drug-likeness (QED) is 0.720. The number of rotatable bonds is 6. The summed E-state index contributed by atoms with van der Waals surface area (Å²) in [5.41, 5.74) is 0.751. The zero-order valence-electron chi connectivity index (χ0n) is 14.3. The van der Waals surface area contributed by atoms with Crippen molar-refractivity contribution >= 4 is 32.9 Å². The third kappa shape index (κ3) is 3.55. The molecule has 0 aliphatic rings. The minimum atomic E-state index is -3.21. The summed E-state index contributed by atoms with van der Waals surface area (Å²) in [5, 5.41) is 7.44. The van der Waals surface area contributed by atoms with E-state index in [1.165, 1.54) is 12.6 Å². The number of fused-ring (bicyclic) bond motifs is 1. The standard InChI is InChI=1S/C16H20N6O2S/c1-4-21(5-2)14-10-15(22-16(20-14)17-11-18-22)19-12-6-8-13(9-7-12)25(3,23)24/h6-11,19H,4-5H2,1-3H3. The molecule has 0 unspecified atom stereocenters. The van der Waals surface area contributed by atoms with Crippen LogP contribution in [-0.4, -0.2) is 47.3 Å². The van der Waals surface area contributed by atoms with Crippen LogP contribution >= 0.6 is 0 Å². The van der Waals surface area contributed by atoms with Crippen LogP contribution in [0.5, 0.6) is 0 Å². The van der Waals surface area contributed by atoms with E-state index in [-0.39, 0.29) is 4.90 Å². The molecule has 3 aromatic rings. The molecule has 1 N–H and O–H groups in total. The van der Waals surface area contributed by atoms with Gasteiger partial charge in [-0.05, 0) is 38.1 Å². The van der Waals surface area contributed by atoms with Gasteiger partial charge in [0, 0.05) is 31.1 Å². The summed E-state index contributed by atoms with van der Waals surface area (Å²) in [5.74, 6) is 2.01. The molecule has 0 bridgehead atoms. The van der Waals surface area contributed by atoms with Gasteiger partial charge in [0.05, 0.1) is 4.90 Å². The molecule has 0 radical (unpaired) electrons. The van der Waals surface area contributed by atoms with Crippen LogP contribution in [-0.2, 0) is 9.84 Å². The SMILES string of the molecule is CCN(CC)c1cc(Nc2ccc(S(C)(=O)=O)cc2)n2ncnc2n1. The Bertz CT molecular complexity index is 978. The first kappa shape index (κ1) is 17.2. The molecule has 132 valence electrons. The van der Waals surface area contributed by atoms with E-state index in [1.54, 1.807) is 28.8 Å². The van der Waals surface area contributed by atoms with E-state index in [1.807, 2.05) is 6.07 Å². The first-order valence-electron chi connectivity index (χ1n) is 7.95. The predicted molar refractivity (Wildman–Crippen MR) is 97.2 cm³/mol. The highest BCUT2D eigenvalue weighted by Gasteiger charge is 2.12. The maximum Gasteiger partial charge on any atom is 0.256 e. The Balaban J connectivity index is 1.99. The van der Waals surface area contributed by atoms with Crippen molar-refractivity contribution in [3.63, 3.8) is 0 Å². The Kier molecular flexibility index (Phi) is 4.58. The van der Waals surface area contributed by atoms with Crippen molar-refractivity contribution in [2.24, 2.45) is 0 Å². The molecule has 0 saturated heterocycles. The number of aromatic nitrogens is 4. The summed E-state index contributed by atoms with van der Waals surface area (Å²) in [6, 6.07) is 8.48. The fourth-order valence-corrected chi connectivity index (χ4v) is 3.16. The van der Waals surface area contributed by atoms with Gasteiger partial charge in [-0.2, -0.15) is 19.6 Å². The molecule has 0 aliphatic carbocycles. The number of sulfone groups is 1. The molecule has 0 aliphatic heterocycles. The molecule has 8 nitrogen and oxygen atoms in total. The lowest BCUT2D eigenvalue weighted by Crippen LogP contribution is -2.23. The number of hydrogen-bond donors (Lipinski definition) is 1. The molecule has 9 heteroatoms. The zero-order valence-corrected chi connectivity index (χ0v) is 15.2.